The summed E-state index contributed by atoms with van der Waals surface area (Å²) in [6, 6.07) is 4.38. The highest BCUT2D eigenvalue weighted by Gasteiger charge is 2.47. The maximum Gasteiger partial charge on any atom is 0.128 e. The largest absolute Gasteiger partial charge is 0.390 e. The molecular formula is C20H31N3O2. The van der Waals surface area contributed by atoms with E-state index >= 15 is 0 Å². The summed E-state index contributed by atoms with van der Waals surface area (Å²) in [7, 11) is 0. The van der Waals surface area contributed by atoms with E-state index < -0.39 is 5.60 Å². The van der Waals surface area contributed by atoms with Gasteiger partial charge in [-0.2, -0.15) is 0 Å². The van der Waals surface area contributed by atoms with E-state index in [1.165, 1.54) is 12.0 Å². The highest BCUT2D eigenvalue weighted by molar-refractivity contribution is 5.41. The number of pyridine rings is 1. The molecule has 0 unspecified atom stereocenters. The molecule has 2 aliphatic heterocycles. The molecule has 0 aromatic carbocycles. The number of ether oxygens (including phenoxy) is 1. The molecule has 3 aliphatic rings. The summed E-state index contributed by atoms with van der Waals surface area (Å²) >= 11 is 0. The summed E-state index contributed by atoms with van der Waals surface area (Å²) in [6.07, 6.45) is 6.26. The van der Waals surface area contributed by atoms with Gasteiger partial charge in [-0.15, -0.1) is 0 Å². The van der Waals surface area contributed by atoms with Crippen LogP contribution in [0.15, 0.2) is 18.3 Å². The molecule has 25 heavy (non-hydrogen) atoms. The predicted molar refractivity (Wildman–Crippen MR) is 98.6 cm³/mol. The van der Waals surface area contributed by atoms with Crippen LogP contribution in [0, 0.1) is 11.8 Å². The first-order valence-corrected chi connectivity index (χ1v) is 9.90. The van der Waals surface area contributed by atoms with E-state index in [4.69, 9.17) is 9.72 Å². The lowest BCUT2D eigenvalue weighted by molar-refractivity contribution is -0.0597. The third kappa shape index (κ3) is 3.55. The van der Waals surface area contributed by atoms with E-state index in [0.29, 0.717) is 11.8 Å². The van der Waals surface area contributed by atoms with E-state index in [9.17, 15) is 5.11 Å². The van der Waals surface area contributed by atoms with Gasteiger partial charge in [0.1, 0.15) is 5.82 Å². The van der Waals surface area contributed by atoms with Gasteiger partial charge in [-0.05, 0) is 36.8 Å². The SMILES string of the molecule is CC[C@@]1(O)CCC[C@@H]2CN(c3ccc(CN4CCOCC4)cn3)C[C@@H]21. The van der Waals surface area contributed by atoms with Gasteiger partial charge in [0, 0.05) is 44.8 Å². The first kappa shape index (κ1) is 17.3. The molecule has 3 atom stereocenters. The number of aromatic nitrogens is 1. The number of anilines is 1. The van der Waals surface area contributed by atoms with Gasteiger partial charge in [-0.3, -0.25) is 4.90 Å². The zero-order valence-electron chi connectivity index (χ0n) is 15.4. The molecule has 1 aromatic rings. The summed E-state index contributed by atoms with van der Waals surface area (Å²) in [5.41, 5.74) is 0.806. The minimum absolute atomic E-state index is 0.404. The van der Waals surface area contributed by atoms with Crippen LogP contribution >= 0.6 is 0 Å². The van der Waals surface area contributed by atoms with Gasteiger partial charge >= 0.3 is 0 Å². The van der Waals surface area contributed by atoms with Crippen molar-refractivity contribution in [3.05, 3.63) is 23.9 Å². The Kier molecular flexibility index (Phi) is 4.98. The average molecular weight is 345 g/mol. The summed E-state index contributed by atoms with van der Waals surface area (Å²) in [5, 5.41) is 11.0. The summed E-state index contributed by atoms with van der Waals surface area (Å²) in [5.74, 6) is 2.09. The molecular weight excluding hydrogens is 314 g/mol. The highest BCUT2D eigenvalue weighted by atomic mass is 16.5. The molecule has 2 saturated heterocycles. The van der Waals surface area contributed by atoms with Crippen molar-refractivity contribution >= 4 is 5.82 Å². The van der Waals surface area contributed by atoms with Crippen LogP contribution in [0.5, 0.6) is 0 Å². The summed E-state index contributed by atoms with van der Waals surface area (Å²) in [4.78, 5) is 9.56. The molecule has 0 bridgehead atoms. The normalized spacial score (nSPS) is 33.4. The molecule has 5 heteroatoms. The molecule has 1 aliphatic carbocycles. The van der Waals surface area contributed by atoms with Gasteiger partial charge in [-0.25, -0.2) is 4.98 Å². The Bertz CT molecular complexity index is 573. The van der Waals surface area contributed by atoms with Crippen molar-refractivity contribution in [2.24, 2.45) is 11.8 Å². The van der Waals surface area contributed by atoms with Gasteiger partial charge in [0.2, 0.25) is 0 Å². The van der Waals surface area contributed by atoms with E-state index in [1.54, 1.807) is 0 Å². The Hall–Kier alpha value is -1.17. The summed E-state index contributed by atoms with van der Waals surface area (Å²) < 4.78 is 5.41. The van der Waals surface area contributed by atoms with E-state index in [2.05, 4.69) is 28.9 Å². The monoisotopic (exact) mass is 345 g/mol. The molecule has 0 radical (unpaired) electrons. The fourth-order valence-electron chi connectivity index (χ4n) is 4.97. The highest BCUT2D eigenvalue weighted by Crippen LogP contribution is 2.45. The number of aliphatic hydroxyl groups is 1. The Labute approximate surface area is 151 Å². The number of nitrogens with zero attached hydrogens (tertiary/aromatic N) is 3. The fourth-order valence-corrected chi connectivity index (χ4v) is 4.97. The fraction of sp³-hybridized carbons (Fsp3) is 0.750. The van der Waals surface area contributed by atoms with Crippen molar-refractivity contribution in [2.45, 2.75) is 44.8 Å². The minimum Gasteiger partial charge on any atom is -0.390 e. The standard InChI is InChI=1S/C20H31N3O2/c1-2-20(24)7-3-4-17-14-23(15-18(17)20)19-6-5-16(12-21-19)13-22-8-10-25-11-9-22/h5-6,12,17-18,24H,2-4,7-11,13-15H2,1H3/t17-,18+,20-/m1/s1. The Morgan fingerprint density at radius 2 is 2.12 bits per heavy atom. The van der Waals surface area contributed by atoms with Gasteiger partial charge in [0.05, 0.1) is 18.8 Å². The zero-order valence-corrected chi connectivity index (χ0v) is 15.4. The van der Waals surface area contributed by atoms with Gasteiger partial charge < -0.3 is 14.7 Å². The van der Waals surface area contributed by atoms with Crippen molar-refractivity contribution in [3.8, 4) is 0 Å². The smallest absolute Gasteiger partial charge is 0.128 e. The first-order chi connectivity index (χ1) is 12.2. The first-order valence-electron chi connectivity index (χ1n) is 9.90. The van der Waals surface area contributed by atoms with Crippen molar-refractivity contribution in [3.63, 3.8) is 0 Å². The van der Waals surface area contributed by atoms with Gasteiger partial charge in [0.25, 0.3) is 0 Å². The maximum atomic E-state index is 11.0. The second-order valence-corrected chi connectivity index (χ2v) is 8.03. The molecule has 3 fully saturated rings. The van der Waals surface area contributed by atoms with Crippen LogP contribution < -0.4 is 4.90 Å². The number of hydrogen-bond donors (Lipinski definition) is 1. The van der Waals surface area contributed by atoms with Crippen LogP contribution in [0.25, 0.3) is 0 Å². The molecule has 4 rings (SSSR count). The molecule has 138 valence electrons. The topological polar surface area (TPSA) is 48.8 Å². The quantitative estimate of drug-likeness (QED) is 0.907. The van der Waals surface area contributed by atoms with Crippen LogP contribution in [-0.2, 0) is 11.3 Å². The Balaban J connectivity index is 1.41. The predicted octanol–water partition coefficient (Wildman–Crippen LogP) is 2.29. The maximum absolute atomic E-state index is 11.0. The molecule has 5 nitrogen and oxygen atoms in total. The average Bonchev–Trinajstić information content (AvgIpc) is 3.09. The van der Waals surface area contributed by atoms with Crippen molar-refractivity contribution < 1.29 is 9.84 Å². The molecule has 1 N–H and O–H groups in total. The molecule has 0 amide bonds. The third-order valence-electron chi connectivity index (χ3n) is 6.57. The van der Waals surface area contributed by atoms with Crippen LogP contribution in [0.2, 0.25) is 0 Å². The van der Waals surface area contributed by atoms with Crippen molar-refractivity contribution in [1.82, 2.24) is 9.88 Å². The van der Waals surface area contributed by atoms with Crippen LogP contribution in [0.4, 0.5) is 5.82 Å². The van der Waals surface area contributed by atoms with Crippen molar-refractivity contribution in [2.75, 3.05) is 44.3 Å². The lowest BCUT2D eigenvalue weighted by atomic mass is 9.69. The minimum atomic E-state index is -0.464. The molecule has 3 heterocycles. The second kappa shape index (κ2) is 7.22. The van der Waals surface area contributed by atoms with E-state index in [0.717, 1.165) is 71.0 Å². The second-order valence-electron chi connectivity index (χ2n) is 8.03. The number of fused-ring (bicyclic) bond motifs is 1. The Morgan fingerprint density at radius 3 is 2.84 bits per heavy atom. The number of morpholine rings is 1. The van der Waals surface area contributed by atoms with Crippen LogP contribution in [0.1, 0.15) is 38.2 Å². The third-order valence-corrected chi connectivity index (χ3v) is 6.57. The molecule has 1 aromatic heterocycles. The van der Waals surface area contributed by atoms with Crippen molar-refractivity contribution in [1.29, 1.82) is 0 Å². The van der Waals surface area contributed by atoms with Gasteiger partial charge in [-0.1, -0.05) is 19.4 Å². The molecule has 1 saturated carbocycles. The lowest BCUT2D eigenvalue weighted by Gasteiger charge is -2.40. The Morgan fingerprint density at radius 1 is 1.28 bits per heavy atom. The number of rotatable bonds is 4. The number of hydrogen-bond acceptors (Lipinski definition) is 5. The molecule has 0 spiro atoms. The zero-order chi connectivity index (χ0) is 17.3. The van der Waals surface area contributed by atoms with Crippen LogP contribution in [0.3, 0.4) is 0 Å². The van der Waals surface area contributed by atoms with Gasteiger partial charge in [0.15, 0.2) is 0 Å². The lowest BCUT2D eigenvalue weighted by Crippen LogP contribution is -2.44. The van der Waals surface area contributed by atoms with E-state index in [1.807, 2.05) is 6.20 Å². The van der Waals surface area contributed by atoms with E-state index in [-0.39, 0.29) is 0 Å². The summed E-state index contributed by atoms with van der Waals surface area (Å²) in [6.45, 7) is 8.76. The van der Waals surface area contributed by atoms with Crippen LogP contribution in [-0.4, -0.2) is 60.0 Å².